The Morgan fingerprint density at radius 2 is 1.66 bits per heavy atom. The molecule has 4 aromatic rings. The zero-order chi connectivity index (χ0) is 21.8. The Labute approximate surface area is 189 Å². The van der Waals surface area contributed by atoms with E-state index in [1.54, 1.807) is 0 Å². The van der Waals surface area contributed by atoms with Gasteiger partial charge in [-0.05, 0) is 56.0 Å². The van der Waals surface area contributed by atoms with Crippen molar-refractivity contribution in [1.82, 2.24) is 15.2 Å². The number of nitrogens with zero attached hydrogens (tertiary/aromatic N) is 4. The Bertz CT molecular complexity index is 1150. The third-order valence-electron chi connectivity index (χ3n) is 6.05. The molecule has 1 aliphatic rings. The van der Waals surface area contributed by atoms with Crippen LogP contribution < -0.4 is 9.80 Å². The average Bonchev–Trinajstić information content (AvgIpc) is 3.43. The summed E-state index contributed by atoms with van der Waals surface area (Å²) in [6.45, 7) is 3.91. The highest BCUT2D eigenvalue weighted by Crippen LogP contribution is 2.40. The van der Waals surface area contributed by atoms with Crippen LogP contribution in [-0.2, 0) is 6.42 Å². The quantitative estimate of drug-likeness (QED) is 0.347. The Balaban J connectivity index is 1.31. The normalized spacial score (nSPS) is 12.9. The number of aryl methyl sites for hydroxylation is 2. The molecule has 162 valence electrons. The third-order valence-corrected chi connectivity index (χ3v) is 6.05. The second-order valence-electron chi connectivity index (χ2n) is 8.45. The minimum absolute atomic E-state index is 0.836. The lowest BCUT2D eigenvalue weighted by atomic mass is 10.1. The molecule has 32 heavy (non-hydrogen) atoms. The molecule has 1 N–H and O–H groups in total. The van der Waals surface area contributed by atoms with Crippen molar-refractivity contribution in [1.29, 1.82) is 0 Å². The summed E-state index contributed by atoms with van der Waals surface area (Å²) < 4.78 is 0. The first-order valence-electron chi connectivity index (χ1n) is 11.4. The monoisotopic (exact) mass is 423 g/mol. The summed E-state index contributed by atoms with van der Waals surface area (Å²) >= 11 is 0. The number of unbranched alkanes of at least 4 members (excludes halogenated alkanes) is 2. The van der Waals surface area contributed by atoms with Crippen molar-refractivity contribution in [2.45, 2.75) is 32.6 Å². The SMILES string of the molecule is Cc1cc(CCCCCN2CN(c3ccccc3)c3ncc(-c4ccccc4)cc32)n[nH]1. The Morgan fingerprint density at radius 1 is 0.875 bits per heavy atom. The van der Waals surface area contributed by atoms with Gasteiger partial charge >= 0.3 is 0 Å². The van der Waals surface area contributed by atoms with Gasteiger partial charge < -0.3 is 9.80 Å². The summed E-state index contributed by atoms with van der Waals surface area (Å²) in [6, 6.07) is 25.5. The lowest BCUT2D eigenvalue weighted by molar-refractivity contribution is 0.654. The van der Waals surface area contributed by atoms with Crippen LogP contribution in [0.25, 0.3) is 11.1 Å². The highest BCUT2D eigenvalue weighted by Gasteiger charge is 2.28. The number of rotatable bonds is 8. The summed E-state index contributed by atoms with van der Waals surface area (Å²) in [5.74, 6) is 1.04. The number of para-hydroxylation sites is 1. The standard InChI is InChI=1S/C27H29N5/c1-21-17-24(30-29-21)13-7-4-10-16-31-20-32(25-14-8-3-9-15-25)27-26(31)18-23(19-28-27)22-11-5-2-6-12-22/h2-3,5-6,8-9,11-12,14-15,17-19H,4,7,10,13,16,20H2,1H3,(H,29,30). The Hall–Kier alpha value is -3.60. The molecule has 0 amide bonds. The van der Waals surface area contributed by atoms with E-state index in [-0.39, 0.29) is 0 Å². The van der Waals surface area contributed by atoms with E-state index in [2.05, 4.69) is 99.7 Å². The van der Waals surface area contributed by atoms with Crippen LogP contribution in [-0.4, -0.2) is 28.4 Å². The van der Waals surface area contributed by atoms with E-state index < -0.39 is 0 Å². The van der Waals surface area contributed by atoms with Crippen molar-refractivity contribution >= 4 is 17.2 Å². The fourth-order valence-corrected chi connectivity index (χ4v) is 4.38. The molecule has 0 saturated carbocycles. The van der Waals surface area contributed by atoms with Gasteiger partial charge in [0.1, 0.15) is 0 Å². The lowest BCUT2D eigenvalue weighted by Crippen LogP contribution is -2.28. The molecule has 1 aliphatic heterocycles. The van der Waals surface area contributed by atoms with Crippen molar-refractivity contribution in [3.05, 3.63) is 90.4 Å². The molecule has 0 atom stereocenters. The van der Waals surface area contributed by atoms with Gasteiger partial charge in [-0.2, -0.15) is 5.10 Å². The van der Waals surface area contributed by atoms with E-state index in [0.717, 1.165) is 49.6 Å². The van der Waals surface area contributed by atoms with Gasteiger partial charge in [0.2, 0.25) is 0 Å². The van der Waals surface area contributed by atoms with Crippen molar-refractivity contribution in [2.24, 2.45) is 0 Å². The van der Waals surface area contributed by atoms with E-state index in [9.17, 15) is 0 Å². The van der Waals surface area contributed by atoms with Crippen molar-refractivity contribution in [3.63, 3.8) is 0 Å². The maximum Gasteiger partial charge on any atom is 0.158 e. The second kappa shape index (κ2) is 9.27. The minimum Gasteiger partial charge on any atom is -0.350 e. The number of aromatic amines is 1. The van der Waals surface area contributed by atoms with Crippen LogP contribution in [0.1, 0.15) is 30.7 Å². The van der Waals surface area contributed by atoms with Crippen LogP contribution in [0.5, 0.6) is 0 Å². The zero-order valence-electron chi connectivity index (χ0n) is 18.5. The molecule has 0 bridgehead atoms. The van der Waals surface area contributed by atoms with E-state index in [1.807, 2.05) is 6.20 Å². The van der Waals surface area contributed by atoms with Crippen LogP contribution in [0.3, 0.4) is 0 Å². The van der Waals surface area contributed by atoms with Crippen molar-refractivity contribution in [3.8, 4) is 11.1 Å². The average molecular weight is 424 g/mol. The van der Waals surface area contributed by atoms with Gasteiger partial charge in [-0.15, -0.1) is 0 Å². The van der Waals surface area contributed by atoms with Crippen LogP contribution in [0, 0.1) is 6.92 Å². The Kier molecular flexibility index (Phi) is 5.88. The second-order valence-corrected chi connectivity index (χ2v) is 8.45. The molecule has 5 heteroatoms. The molecule has 5 nitrogen and oxygen atoms in total. The van der Waals surface area contributed by atoms with Gasteiger partial charge in [0, 0.05) is 29.7 Å². The summed E-state index contributed by atoms with van der Waals surface area (Å²) in [6.07, 6.45) is 6.54. The molecule has 2 aromatic heterocycles. The number of aromatic nitrogens is 3. The third kappa shape index (κ3) is 4.37. The molecule has 0 spiro atoms. The molecule has 0 unspecified atom stereocenters. The zero-order valence-corrected chi connectivity index (χ0v) is 18.5. The maximum absolute atomic E-state index is 4.90. The van der Waals surface area contributed by atoms with Gasteiger partial charge in [0.05, 0.1) is 18.1 Å². The van der Waals surface area contributed by atoms with Crippen LogP contribution >= 0.6 is 0 Å². The smallest absolute Gasteiger partial charge is 0.158 e. The van der Waals surface area contributed by atoms with E-state index in [0.29, 0.717) is 0 Å². The number of benzene rings is 2. The van der Waals surface area contributed by atoms with Crippen LogP contribution in [0.2, 0.25) is 0 Å². The first-order valence-corrected chi connectivity index (χ1v) is 11.4. The van der Waals surface area contributed by atoms with Crippen molar-refractivity contribution in [2.75, 3.05) is 23.0 Å². The summed E-state index contributed by atoms with van der Waals surface area (Å²) in [4.78, 5) is 9.69. The number of H-pyrrole nitrogens is 1. The van der Waals surface area contributed by atoms with E-state index in [1.165, 1.54) is 29.1 Å². The summed E-state index contributed by atoms with van der Waals surface area (Å²) in [5.41, 5.74) is 7.08. The minimum atomic E-state index is 0.836. The molecule has 3 heterocycles. The molecule has 0 fully saturated rings. The molecular weight excluding hydrogens is 394 g/mol. The molecule has 2 aromatic carbocycles. The number of hydrogen-bond acceptors (Lipinski definition) is 4. The van der Waals surface area contributed by atoms with Crippen molar-refractivity contribution < 1.29 is 0 Å². The maximum atomic E-state index is 4.90. The number of hydrogen-bond donors (Lipinski definition) is 1. The van der Waals surface area contributed by atoms with Gasteiger partial charge in [-0.25, -0.2) is 4.98 Å². The molecular formula is C27H29N5. The van der Waals surface area contributed by atoms with E-state index >= 15 is 0 Å². The molecule has 0 radical (unpaired) electrons. The Morgan fingerprint density at radius 3 is 2.41 bits per heavy atom. The van der Waals surface area contributed by atoms with Gasteiger partial charge in [-0.3, -0.25) is 5.10 Å². The number of anilines is 3. The number of pyridine rings is 1. The van der Waals surface area contributed by atoms with E-state index in [4.69, 9.17) is 4.98 Å². The first kappa shape index (κ1) is 20.3. The topological polar surface area (TPSA) is 48.1 Å². The molecule has 5 rings (SSSR count). The van der Waals surface area contributed by atoms with Gasteiger partial charge in [-0.1, -0.05) is 55.0 Å². The summed E-state index contributed by atoms with van der Waals surface area (Å²) in [5, 5.41) is 7.39. The summed E-state index contributed by atoms with van der Waals surface area (Å²) in [7, 11) is 0. The number of nitrogens with one attached hydrogen (secondary N) is 1. The predicted octanol–water partition coefficient (Wildman–Crippen LogP) is 6.11. The molecule has 0 aliphatic carbocycles. The highest BCUT2D eigenvalue weighted by atomic mass is 15.4. The van der Waals surface area contributed by atoms with Crippen LogP contribution in [0.15, 0.2) is 79.0 Å². The largest absolute Gasteiger partial charge is 0.350 e. The highest BCUT2D eigenvalue weighted by molar-refractivity contribution is 5.82. The lowest BCUT2D eigenvalue weighted by Gasteiger charge is -2.21. The van der Waals surface area contributed by atoms with Gasteiger partial charge in [0.15, 0.2) is 5.82 Å². The van der Waals surface area contributed by atoms with Gasteiger partial charge in [0.25, 0.3) is 0 Å². The number of fused-ring (bicyclic) bond motifs is 1. The van der Waals surface area contributed by atoms with Crippen LogP contribution in [0.4, 0.5) is 17.2 Å². The fourth-order valence-electron chi connectivity index (χ4n) is 4.38. The molecule has 0 saturated heterocycles. The fraction of sp³-hybridized carbons (Fsp3) is 0.259. The predicted molar refractivity (Wildman–Crippen MR) is 131 cm³/mol. The first-order chi connectivity index (χ1) is 15.8.